The molecule has 4 nitrogen and oxygen atoms in total. The zero-order valence-electron chi connectivity index (χ0n) is 5.46. The zero-order valence-corrected chi connectivity index (χ0v) is 5.46. The monoisotopic (exact) mass is 136 g/mol. The fourth-order valence-corrected chi connectivity index (χ4v) is 1.13. The molecule has 0 saturated carbocycles. The van der Waals surface area contributed by atoms with E-state index in [0.717, 1.165) is 24.3 Å². The lowest BCUT2D eigenvalue weighted by atomic mass is 10.2. The summed E-state index contributed by atoms with van der Waals surface area (Å²) in [7, 11) is 0. The van der Waals surface area contributed by atoms with Crippen molar-refractivity contribution in [2.24, 2.45) is 0 Å². The Kier molecular flexibility index (Phi) is 1.00. The van der Waals surface area contributed by atoms with Crippen LogP contribution in [0.15, 0.2) is 6.33 Å². The maximum Gasteiger partial charge on any atom is 0.134 e. The van der Waals surface area contributed by atoms with Crippen LogP contribution in [-0.4, -0.2) is 16.5 Å². The van der Waals surface area contributed by atoms with Gasteiger partial charge in [-0.15, -0.1) is 0 Å². The molecule has 0 atom stereocenters. The molecule has 0 spiro atoms. The van der Waals surface area contributed by atoms with E-state index in [1.807, 2.05) is 0 Å². The van der Waals surface area contributed by atoms with Crippen LogP contribution in [0.1, 0.15) is 5.56 Å². The number of hydrogen-bond acceptors (Lipinski definition) is 4. The number of fused-ring (bicyclic) bond motifs is 1. The molecule has 0 amide bonds. The number of nitrogens with zero attached hydrogens (tertiary/aromatic N) is 2. The third-order valence-electron chi connectivity index (χ3n) is 1.65. The van der Waals surface area contributed by atoms with Gasteiger partial charge in [0.2, 0.25) is 0 Å². The highest BCUT2D eigenvalue weighted by atomic mass is 15.1. The van der Waals surface area contributed by atoms with E-state index in [0.29, 0.717) is 5.82 Å². The van der Waals surface area contributed by atoms with Crippen molar-refractivity contribution in [2.45, 2.75) is 6.42 Å². The number of hydrogen-bond donors (Lipinski definition) is 2. The molecule has 3 N–H and O–H groups in total. The second-order valence-corrected chi connectivity index (χ2v) is 2.26. The van der Waals surface area contributed by atoms with Gasteiger partial charge in [0.25, 0.3) is 0 Å². The Morgan fingerprint density at radius 3 is 3.20 bits per heavy atom. The van der Waals surface area contributed by atoms with E-state index < -0.39 is 0 Å². The van der Waals surface area contributed by atoms with E-state index in [9.17, 15) is 0 Å². The minimum absolute atomic E-state index is 0.606. The standard InChI is InChI=1S/C6H8N4/c7-5-4-1-2-8-6(4)10-3-9-5/h3H,1-2H2,(H3,7,8,9,10). The van der Waals surface area contributed by atoms with Crippen LogP contribution in [0.25, 0.3) is 0 Å². The molecule has 2 rings (SSSR count). The van der Waals surface area contributed by atoms with Gasteiger partial charge in [-0.25, -0.2) is 9.97 Å². The van der Waals surface area contributed by atoms with Gasteiger partial charge in [-0.1, -0.05) is 0 Å². The number of aromatic nitrogens is 2. The van der Waals surface area contributed by atoms with Crippen molar-refractivity contribution in [3.05, 3.63) is 11.9 Å². The molecule has 1 aliphatic heterocycles. The third kappa shape index (κ3) is 0.618. The van der Waals surface area contributed by atoms with Crippen LogP contribution in [0.2, 0.25) is 0 Å². The van der Waals surface area contributed by atoms with Gasteiger partial charge in [0.1, 0.15) is 18.0 Å². The van der Waals surface area contributed by atoms with Crippen LogP contribution >= 0.6 is 0 Å². The van der Waals surface area contributed by atoms with Gasteiger partial charge >= 0.3 is 0 Å². The largest absolute Gasteiger partial charge is 0.383 e. The van der Waals surface area contributed by atoms with Crippen LogP contribution in [0.4, 0.5) is 11.6 Å². The summed E-state index contributed by atoms with van der Waals surface area (Å²) in [6.07, 6.45) is 2.43. The number of nitrogens with two attached hydrogens (primary N) is 1. The molecule has 0 aromatic carbocycles. The zero-order chi connectivity index (χ0) is 6.97. The molecule has 0 aliphatic carbocycles. The lowest BCUT2D eigenvalue weighted by Gasteiger charge is -1.97. The molecule has 0 unspecified atom stereocenters. The van der Waals surface area contributed by atoms with Crippen LogP contribution in [-0.2, 0) is 6.42 Å². The van der Waals surface area contributed by atoms with Gasteiger partial charge in [0.15, 0.2) is 0 Å². The molecule has 0 radical (unpaired) electrons. The highest BCUT2D eigenvalue weighted by Crippen LogP contribution is 2.21. The van der Waals surface area contributed by atoms with Crippen LogP contribution < -0.4 is 11.1 Å². The summed E-state index contributed by atoms with van der Waals surface area (Å²) in [5.41, 5.74) is 6.64. The highest BCUT2D eigenvalue weighted by molar-refractivity contribution is 5.58. The van der Waals surface area contributed by atoms with Crippen molar-refractivity contribution in [3.8, 4) is 0 Å². The quantitative estimate of drug-likeness (QED) is 0.528. The van der Waals surface area contributed by atoms with Crippen molar-refractivity contribution in [2.75, 3.05) is 17.6 Å². The summed E-state index contributed by atoms with van der Waals surface area (Å²) >= 11 is 0. The van der Waals surface area contributed by atoms with E-state index in [2.05, 4.69) is 15.3 Å². The van der Waals surface area contributed by atoms with E-state index in [4.69, 9.17) is 5.73 Å². The maximum atomic E-state index is 5.58. The Morgan fingerprint density at radius 2 is 2.40 bits per heavy atom. The van der Waals surface area contributed by atoms with E-state index in [-0.39, 0.29) is 0 Å². The highest BCUT2D eigenvalue weighted by Gasteiger charge is 2.13. The van der Waals surface area contributed by atoms with Crippen molar-refractivity contribution >= 4 is 11.6 Å². The molecular weight excluding hydrogens is 128 g/mol. The topological polar surface area (TPSA) is 63.8 Å². The first-order valence-corrected chi connectivity index (χ1v) is 3.21. The fraction of sp³-hybridized carbons (Fsp3) is 0.333. The molecule has 4 heteroatoms. The lowest BCUT2D eigenvalue weighted by Crippen LogP contribution is -1.96. The molecule has 0 saturated heterocycles. The van der Waals surface area contributed by atoms with Crippen molar-refractivity contribution in [1.29, 1.82) is 0 Å². The van der Waals surface area contributed by atoms with Crippen molar-refractivity contribution < 1.29 is 0 Å². The van der Waals surface area contributed by atoms with E-state index in [1.165, 1.54) is 6.33 Å². The Balaban J connectivity index is 2.59. The number of rotatable bonds is 0. The maximum absolute atomic E-state index is 5.58. The second kappa shape index (κ2) is 1.83. The summed E-state index contributed by atoms with van der Waals surface area (Å²) < 4.78 is 0. The molecule has 52 valence electrons. The molecule has 0 bridgehead atoms. The Bertz CT molecular complexity index is 258. The van der Waals surface area contributed by atoms with Crippen molar-refractivity contribution in [1.82, 2.24) is 9.97 Å². The van der Waals surface area contributed by atoms with Crippen molar-refractivity contribution in [3.63, 3.8) is 0 Å². The van der Waals surface area contributed by atoms with Crippen LogP contribution in [0.3, 0.4) is 0 Å². The predicted molar refractivity (Wildman–Crippen MR) is 38.6 cm³/mol. The van der Waals surface area contributed by atoms with Gasteiger partial charge in [-0.2, -0.15) is 0 Å². The van der Waals surface area contributed by atoms with Gasteiger partial charge in [0.05, 0.1) is 0 Å². The van der Waals surface area contributed by atoms with E-state index >= 15 is 0 Å². The smallest absolute Gasteiger partial charge is 0.134 e. The first-order chi connectivity index (χ1) is 4.88. The van der Waals surface area contributed by atoms with Gasteiger partial charge in [0, 0.05) is 12.1 Å². The molecular formula is C6H8N4. The summed E-state index contributed by atoms with van der Waals surface area (Å²) in [5, 5.41) is 3.11. The Morgan fingerprint density at radius 1 is 1.50 bits per heavy atom. The average Bonchev–Trinajstić information content (AvgIpc) is 2.36. The molecule has 0 fully saturated rings. The Labute approximate surface area is 58.5 Å². The summed E-state index contributed by atoms with van der Waals surface area (Å²) in [6, 6.07) is 0. The van der Waals surface area contributed by atoms with Crippen LogP contribution in [0, 0.1) is 0 Å². The van der Waals surface area contributed by atoms with Crippen LogP contribution in [0.5, 0.6) is 0 Å². The average molecular weight is 136 g/mol. The first kappa shape index (κ1) is 5.46. The Hall–Kier alpha value is -1.32. The first-order valence-electron chi connectivity index (χ1n) is 3.21. The predicted octanol–water partition coefficient (Wildman–Crippen LogP) is 0.0268. The minimum Gasteiger partial charge on any atom is -0.383 e. The lowest BCUT2D eigenvalue weighted by molar-refractivity contribution is 1.09. The number of nitrogens with one attached hydrogen (secondary N) is 1. The van der Waals surface area contributed by atoms with E-state index in [1.54, 1.807) is 0 Å². The SMILES string of the molecule is Nc1ncnc2c1CCN2. The number of anilines is 2. The normalized spacial score (nSPS) is 14.4. The van der Waals surface area contributed by atoms with Gasteiger partial charge in [-0.3, -0.25) is 0 Å². The molecule has 1 aromatic heterocycles. The molecule has 10 heavy (non-hydrogen) atoms. The third-order valence-corrected chi connectivity index (χ3v) is 1.65. The minimum atomic E-state index is 0.606. The fourth-order valence-electron chi connectivity index (χ4n) is 1.13. The summed E-state index contributed by atoms with van der Waals surface area (Å²) in [5.74, 6) is 1.50. The molecule has 1 aromatic rings. The summed E-state index contributed by atoms with van der Waals surface area (Å²) in [4.78, 5) is 7.90. The summed E-state index contributed by atoms with van der Waals surface area (Å²) in [6.45, 7) is 0.929. The van der Waals surface area contributed by atoms with Gasteiger partial charge in [-0.05, 0) is 6.42 Å². The second-order valence-electron chi connectivity index (χ2n) is 2.26. The molecule has 2 heterocycles. The van der Waals surface area contributed by atoms with Gasteiger partial charge < -0.3 is 11.1 Å². The number of nitrogen functional groups attached to an aromatic ring is 1. The molecule has 1 aliphatic rings.